The zero-order valence-corrected chi connectivity index (χ0v) is 11.0. The van der Waals surface area contributed by atoms with E-state index in [0.29, 0.717) is 0 Å². The number of alkyl halides is 3. The number of hydrogen-bond acceptors (Lipinski definition) is 3. The second kappa shape index (κ2) is 6.08. The van der Waals surface area contributed by atoms with E-state index < -0.39 is 17.7 Å². The number of ether oxygens (including phenoxy) is 2. The summed E-state index contributed by atoms with van der Waals surface area (Å²) in [6, 6.07) is 3.51. The van der Waals surface area contributed by atoms with Gasteiger partial charge in [-0.3, -0.25) is 4.79 Å². The molecular formula is C11H10BrF3O3. The molecule has 1 rings (SSSR count). The fourth-order valence-electron chi connectivity index (χ4n) is 1.17. The standard InChI is InChI=1S/C11H10BrF3O3/c1-17-10(16)4-5-18-7-2-3-9(12)8(6-7)11(13,14)15/h2-3,6H,4-5H2,1H3. The fraction of sp³-hybridized carbons (Fsp3) is 0.364. The van der Waals surface area contributed by atoms with Crippen LogP contribution in [0, 0.1) is 0 Å². The van der Waals surface area contributed by atoms with Crippen molar-refractivity contribution < 1.29 is 27.4 Å². The summed E-state index contributed by atoms with van der Waals surface area (Å²) in [6.45, 7) is -0.0361. The summed E-state index contributed by atoms with van der Waals surface area (Å²) in [5.41, 5.74) is -0.821. The summed E-state index contributed by atoms with van der Waals surface area (Å²) in [6.07, 6.45) is -4.48. The minimum atomic E-state index is -4.46. The van der Waals surface area contributed by atoms with Gasteiger partial charge >= 0.3 is 12.1 Å². The van der Waals surface area contributed by atoms with Gasteiger partial charge in [0, 0.05) is 4.47 Å². The van der Waals surface area contributed by atoms with Crippen molar-refractivity contribution in [1.29, 1.82) is 0 Å². The van der Waals surface area contributed by atoms with E-state index in [4.69, 9.17) is 4.74 Å². The average molecular weight is 327 g/mol. The number of rotatable bonds is 4. The summed E-state index contributed by atoms with van der Waals surface area (Å²) < 4.78 is 47.1. The van der Waals surface area contributed by atoms with E-state index in [9.17, 15) is 18.0 Å². The van der Waals surface area contributed by atoms with Crippen molar-refractivity contribution in [3.05, 3.63) is 28.2 Å². The molecule has 0 saturated heterocycles. The number of esters is 1. The lowest BCUT2D eigenvalue weighted by Crippen LogP contribution is -2.09. The Hall–Kier alpha value is -1.24. The highest BCUT2D eigenvalue weighted by molar-refractivity contribution is 9.10. The molecule has 1 aromatic carbocycles. The van der Waals surface area contributed by atoms with Gasteiger partial charge in [0.2, 0.25) is 0 Å². The molecular weight excluding hydrogens is 317 g/mol. The van der Waals surface area contributed by atoms with Crippen molar-refractivity contribution in [3.63, 3.8) is 0 Å². The van der Waals surface area contributed by atoms with E-state index in [1.54, 1.807) is 0 Å². The van der Waals surface area contributed by atoms with Crippen molar-refractivity contribution >= 4 is 21.9 Å². The van der Waals surface area contributed by atoms with E-state index >= 15 is 0 Å². The SMILES string of the molecule is COC(=O)CCOc1ccc(Br)c(C(F)(F)F)c1. The molecule has 0 saturated carbocycles. The van der Waals surface area contributed by atoms with Crippen LogP contribution in [0.25, 0.3) is 0 Å². The molecule has 0 unspecified atom stereocenters. The topological polar surface area (TPSA) is 35.5 Å². The maximum absolute atomic E-state index is 12.6. The highest BCUT2D eigenvalue weighted by Gasteiger charge is 2.33. The van der Waals surface area contributed by atoms with Crippen molar-refractivity contribution in [2.45, 2.75) is 12.6 Å². The molecule has 100 valence electrons. The number of carbonyl (C=O) groups is 1. The molecule has 0 amide bonds. The Kier molecular flexibility index (Phi) is 5.01. The normalized spacial score (nSPS) is 11.2. The number of benzene rings is 1. The molecule has 0 aliphatic heterocycles. The van der Waals surface area contributed by atoms with Gasteiger partial charge in [-0.2, -0.15) is 13.2 Å². The molecule has 0 aromatic heterocycles. The summed E-state index contributed by atoms with van der Waals surface area (Å²) in [5, 5.41) is 0. The molecule has 0 bridgehead atoms. The van der Waals surface area contributed by atoms with Gasteiger partial charge in [-0.05, 0) is 18.2 Å². The van der Waals surface area contributed by atoms with Crippen LogP contribution < -0.4 is 4.74 Å². The van der Waals surface area contributed by atoms with Crippen LogP contribution >= 0.6 is 15.9 Å². The smallest absolute Gasteiger partial charge is 0.417 e. The van der Waals surface area contributed by atoms with Crippen LogP contribution in [0.3, 0.4) is 0 Å². The summed E-state index contributed by atoms with van der Waals surface area (Å²) >= 11 is 2.82. The Balaban J connectivity index is 2.71. The number of carbonyl (C=O) groups excluding carboxylic acids is 1. The van der Waals surface area contributed by atoms with Gasteiger partial charge in [0.05, 0.1) is 25.7 Å². The lowest BCUT2D eigenvalue weighted by atomic mass is 10.2. The first-order chi connectivity index (χ1) is 8.34. The van der Waals surface area contributed by atoms with Gasteiger partial charge < -0.3 is 9.47 Å². The van der Waals surface area contributed by atoms with Crippen LogP contribution in [0.15, 0.2) is 22.7 Å². The van der Waals surface area contributed by atoms with Crippen molar-refractivity contribution in [2.24, 2.45) is 0 Å². The maximum atomic E-state index is 12.6. The van der Waals surface area contributed by atoms with Gasteiger partial charge in [-0.1, -0.05) is 15.9 Å². The highest BCUT2D eigenvalue weighted by atomic mass is 79.9. The van der Waals surface area contributed by atoms with Crippen LogP contribution in [-0.4, -0.2) is 19.7 Å². The zero-order chi connectivity index (χ0) is 13.8. The third kappa shape index (κ3) is 4.21. The Morgan fingerprint density at radius 3 is 2.61 bits per heavy atom. The first kappa shape index (κ1) is 14.8. The molecule has 0 aliphatic rings. The second-order valence-corrected chi connectivity index (χ2v) is 4.17. The van der Waals surface area contributed by atoms with Gasteiger partial charge in [0.25, 0.3) is 0 Å². The molecule has 0 atom stereocenters. The molecule has 0 heterocycles. The predicted octanol–water partition coefficient (Wildman–Crippen LogP) is 3.41. The Labute approximate surface area is 110 Å². The molecule has 7 heteroatoms. The average Bonchev–Trinajstić information content (AvgIpc) is 2.29. The third-order valence-corrected chi connectivity index (χ3v) is 2.74. The van der Waals surface area contributed by atoms with E-state index in [2.05, 4.69) is 20.7 Å². The Morgan fingerprint density at radius 2 is 2.06 bits per heavy atom. The van der Waals surface area contributed by atoms with Gasteiger partial charge in [0.15, 0.2) is 0 Å². The second-order valence-electron chi connectivity index (χ2n) is 3.31. The molecule has 0 N–H and O–H groups in total. The number of hydrogen-bond donors (Lipinski definition) is 0. The van der Waals surface area contributed by atoms with Gasteiger partial charge in [-0.25, -0.2) is 0 Å². The van der Waals surface area contributed by atoms with Crippen molar-refractivity contribution in [2.75, 3.05) is 13.7 Å². The molecule has 0 radical (unpaired) electrons. The zero-order valence-electron chi connectivity index (χ0n) is 9.38. The van der Waals surface area contributed by atoms with Gasteiger partial charge in [-0.15, -0.1) is 0 Å². The quantitative estimate of drug-likeness (QED) is 0.795. The maximum Gasteiger partial charge on any atom is 0.417 e. The van der Waals surface area contributed by atoms with E-state index in [-0.39, 0.29) is 23.2 Å². The summed E-state index contributed by atoms with van der Waals surface area (Å²) in [4.78, 5) is 10.8. The van der Waals surface area contributed by atoms with Gasteiger partial charge in [0.1, 0.15) is 5.75 Å². The van der Waals surface area contributed by atoms with Crippen LogP contribution in [0.5, 0.6) is 5.75 Å². The van der Waals surface area contributed by atoms with Crippen molar-refractivity contribution in [3.8, 4) is 5.75 Å². The minimum Gasteiger partial charge on any atom is -0.493 e. The van der Waals surface area contributed by atoms with E-state index in [0.717, 1.165) is 6.07 Å². The lowest BCUT2D eigenvalue weighted by Gasteiger charge is -2.11. The predicted molar refractivity (Wildman–Crippen MR) is 61.3 cm³/mol. The molecule has 0 fully saturated rings. The summed E-state index contributed by atoms with van der Waals surface area (Å²) in [7, 11) is 1.23. The molecule has 0 spiro atoms. The van der Waals surface area contributed by atoms with Crippen LogP contribution in [-0.2, 0) is 15.7 Å². The van der Waals surface area contributed by atoms with Crippen molar-refractivity contribution in [1.82, 2.24) is 0 Å². The van der Waals surface area contributed by atoms with E-state index in [1.165, 1.54) is 19.2 Å². The lowest BCUT2D eigenvalue weighted by molar-refractivity contribution is -0.141. The minimum absolute atomic E-state index is 0.0199. The number of halogens is 4. The molecule has 3 nitrogen and oxygen atoms in total. The van der Waals surface area contributed by atoms with E-state index in [1.807, 2.05) is 0 Å². The third-order valence-electron chi connectivity index (χ3n) is 2.05. The van der Waals surface area contributed by atoms with Crippen LogP contribution in [0.4, 0.5) is 13.2 Å². The fourth-order valence-corrected chi connectivity index (χ4v) is 1.64. The summed E-state index contributed by atoms with van der Waals surface area (Å²) in [5.74, 6) is -0.433. The molecule has 0 aliphatic carbocycles. The first-order valence-electron chi connectivity index (χ1n) is 4.91. The number of methoxy groups -OCH3 is 1. The largest absolute Gasteiger partial charge is 0.493 e. The monoisotopic (exact) mass is 326 g/mol. The first-order valence-corrected chi connectivity index (χ1v) is 5.70. The van der Waals surface area contributed by atoms with Crippen LogP contribution in [0.2, 0.25) is 0 Å². The Bertz CT molecular complexity index is 432. The highest BCUT2D eigenvalue weighted by Crippen LogP contribution is 2.36. The Morgan fingerprint density at radius 1 is 1.39 bits per heavy atom. The molecule has 1 aromatic rings. The molecule has 18 heavy (non-hydrogen) atoms. The van der Waals surface area contributed by atoms with Crippen LogP contribution in [0.1, 0.15) is 12.0 Å².